The van der Waals surface area contributed by atoms with Crippen LogP contribution >= 0.6 is 11.3 Å². The third-order valence-corrected chi connectivity index (χ3v) is 4.88. The number of nitrogens with zero attached hydrogens (tertiary/aromatic N) is 2. The van der Waals surface area contributed by atoms with E-state index in [1.807, 2.05) is 50.2 Å². The normalized spacial score (nSPS) is 12.1. The summed E-state index contributed by atoms with van der Waals surface area (Å²) in [5.74, 6) is 0.838. The lowest BCUT2D eigenvalue weighted by Crippen LogP contribution is -2.20. The molecule has 0 bridgehead atoms. The van der Waals surface area contributed by atoms with Gasteiger partial charge in [0.05, 0.1) is 16.5 Å². The van der Waals surface area contributed by atoms with Crippen molar-refractivity contribution in [3.8, 4) is 10.8 Å². The first-order valence-corrected chi connectivity index (χ1v) is 8.67. The van der Waals surface area contributed by atoms with E-state index in [1.165, 1.54) is 11.3 Å². The summed E-state index contributed by atoms with van der Waals surface area (Å²) in [5.41, 5.74) is 1.82. The molecule has 3 aromatic rings. The van der Waals surface area contributed by atoms with Crippen LogP contribution in [0.1, 0.15) is 35.6 Å². The van der Waals surface area contributed by atoms with Gasteiger partial charge >= 0.3 is 0 Å². The number of carbonyl (C=O) groups excluding carboxylic acids is 1. The van der Waals surface area contributed by atoms with E-state index in [2.05, 4.69) is 15.5 Å². The average molecular weight is 341 g/mol. The Morgan fingerprint density at radius 2 is 2.00 bits per heavy atom. The van der Waals surface area contributed by atoms with Gasteiger partial charge in [0, 0.05) is 11.8 Å². The smallest absolute Gasteiger partial charge is 0.257 e. The van der Waals surface area contributed by atoms with Gasteiger partial charge in [0.1, 0.15) is 0 Å². The van der Waals surface area contributed by atoms with Crippen LogP contribution in [0.3, 0.4) is 0 Å². The van der Waals surface area contributed by atoms with Crippen LogP contribution in [0, 0.1) is 13.8 Å². The molecule has 5 nitrogen and oxygen atoms in total. The van der Waals surface area contributed by atoms with Crippen molar-refractivity contribution in [1.82, 2.24) is 10.2 Å². The molecule has 0 saturated heterocycles. The summed E-state index contributed by atoms with van der Waals surface area (Å²) in [5, 5.41) is 10.9. The van der Waals surface area contributed by atoms with Crippen molar-refractivity contribution in [2.75, 3.05) is 5.32 Å². The van der Waals surface area contributed by atoms with Gasteiger partial charge in [-0.1, -0.05) is 37.3 Å². The number of hydrogen-bond donors (Lipinski definition) is 1. The van der Waals surface area contributed by atoms with Gasteiger partial charge in [-0.2, -0.15) is 0 Å². The Bertz CT molecular complexity index is 839. The number of thiophene rings is 1. The van der Waals surface area contributed by atoms with Crippen LogP contribution in [0.2, 0.25) is 0 Å². The second-order valence-corrected chi connectivity index (χ2v) is 6.82. The Balaban J connectivity index is 1.80. The molecule has 1 amide bonds. The highest BCUT2D eigenvalue weighted by Crippen LogP contribution is 2.34. The molecule has 124 valence electrons. The van der Waals surface area contributed by atoms with Gasteiger partial charge in [0.25, 0.3) is 5.89 Å². The van der Waals surface area contributed by atoms with Crippen molar-refractivity contribution < 1.29 is 9.21 Å². The summed E-state index contributed by atoms with van der Waals surface area (Å²) in [7, 11) is 0. The van der Waals surface area contributed by atoms with E-state index in [0.29, 0.717) is 11.8 Å². The molecule has 2 aromatic heterocycles. The van der Waals surface area contributed by atoms with Crippen molar-refractivity contribution in [3.05, 3.63) is 52.7 Å². The van der Waals surface area contributed by atoms with Crippen LogP contribution in [0.25, 0.3) is 10.8 Å². The van der Waals surface area contributed by atoms with E-state index in [4.69, 9.17) is 4.42 Å². The lowest BCUT2D eigenvalue weighted by molar-refractivity contribution is -0.117. The highest BCUT2D eigenvalue weighted by molar-refractivity contribution is 7.15. The van der Waals surface area contributed by atoms with Crippen molar-refractivity contribution in [2.24, 2.45) is 0 Å². The molecule has 0 spiro atoms. The SMILES string of the molecule is CC[C@H](C(=O)Nc1cc(-c2nnc(C)o2)sc1C)c1ccccc1. The van der Waals surface area contributed by atoms with Crippen molar-refractivity contribution in [2.45, 2.75) is 33.1 Å². The third kappa shape index (κ3) is 3.38. The number of amides is 1. The highest BCUT2D eigenvalue weighted by atomic mass is 32.1. The summed E-state index contributed by atoms with van der Waals surface area (Å²) in [6, 6.07) is 11.7. The summed E-state index contributed by atoms with van der Waals surface area (Å²) < 4.78 is 5.46. The zero-order chi connectivity index (χ0) is 17.1. The predicted molar refractivity (Wildman–Crippen MR) is 95.2 cm³/mol. The van der Waals surface area contributed by atoms with E-state index in [9.17, 15) is 4.79 Å². The predicted octanol–water partition coefficient (Wildman–Crippen LogP) is 4.55. The molecular formula is C18H19N3O2S. The second kappa shape index (κ2) is 6.97. The molecule has 0 saturated carbocycles. The number of benzene rings is 1. The van der Waals surface area contributed by atoms with Gasteiger partial charge in [-0.05, 0) is 25.0 Å². The topological polar surface area (TPSA) is 68.0 Å². The molecule has 1 atom stereocenters. The van der Waals surface area contributed by atoms with E-state index >= 15 is 0 Å². The Morgan fingerprint density at radius 3 is 2.62 bits per heavy atom. The minimum absolute atomic E-state index is 0.00198. The molecule has 24 heavy (non-hydrogen) atoms. The molecule has 1 N–H and O–H groups in total. The molecule has 0 fully saturated rings. The number of carbonyl (C=O) groups is 1. The first-order chi connectivity index (χ1) is 11.6. The number of aromatic nitrogens is 2. The molecule has 0 aliphatic heterocycles. The molecule has 0 unspecified atom stereocenters. The molecule has 3 rings (SSSR count). The molecule has 6 heteroatoms. The zero-order valence-corrected chi connectivity index (χ0v) is 14.7. The molecule has 0 aliphatic carbocycles. The first kappa shape index (κ1) is 16.4. The Kier molecular flexibility index (Phi) is 4.76. The number of nitrogens with one attached hydrogen (secondary N) is 1. The third-order valence-electron chi connectivity index (χ3n) is 3.84. The molecule has 0 radical (unpaired) electrons. The molecule has 0 aliphatic rings. The van der Waals surface area contributed by atoms with Gasteiger partial charge < -0.3 is 9.73 Å². The molecular weight excluding hydrogens is 322 g/mol. The fourth-order valence-electron chi connectivity index (χ4n) is 2.59. The lowest BCUT2D eigenvalue weighted by Gasteiger charge is -2.15. The van der Waals surface area contributed by atoms with Crippen molar-refractivity contribution in [1.29, 1.82) is 0 Å². The summed E-state index contributed by atoms with van der Waals surface area (Å²) in [4.78, 5) is 14.6. The van der Waals surface area contributed by atoms with E-state index in [-0.39, 0.29) is 11.8 Å². The number of hydrogen-bond acceptors (Lipinski definition) is 5. The number of aryl methyl sites for hydroxylation is 2. The van der Waals surface area contributed by atoms with Crippen LogP contribution in [-0.2, 0) is 4.79 Å². The maximum absolute atomic E-state index is 12.7. The number of anilines is 1. The fraction of sp³-hybridized carbons (Fsp3) is 0.278. The van der Waals surface area contributed by atoms with Crippen molar-refractivity contribution >= 4 is 22.9 Å². The van der Waals surface area contributed by atoms with Gasteiger partial charge in [-0.15, -0.1) is 21.5 Å². The summed E-state index contributed by atoms with van der Waals surface area (Å²) in [6.45, 7) is 5.74. The number of rotatable bonds is 5. The molecule has 1 aromatic carbocycles. The van der Waals surface area contributed by atoms with E-state index in [0.717, 1.165) is 27.4 Å². The zero-order valence-electron chi connectivity index (χ0n) is 13.9. The Hall–Kier alpha value is -2.47. The van der Waals surface area contributed by atoms with Crippen LogP contribution in [0.5, 0.6) is 0 Å². The standard InChI is InChI=1S/C18H19N3O2S/c1-4-14(13-8-6-5-7-9-13)17(22)19-15-10-16(24-11(15)2)18-21-20-12(3)23-18/h5-10,14H,4H2,1-3H3,(H,19,22)/t14-/m0/s1. The Morgan fingerprint density at radius 1 is 1.25 bits per heavy atom. The molecule has 2 heterocycles. The van der Waals surface area contributed by atoms with Gasteiger partial charge in [0.2, 0.25) is 11.8 Å². The minimum atomic E-state index is -0.167. The summed E-state index contributed by atoms with van der Waals surface area (Å²) in [6.07, 6.45) is 0.745. The summed E-state index contributed by atoms with van der Waals surface area (Å²) >= 11 is 1.53. The van der Waals surface area contributed by atoms with Gasteiger partial charge in [-0.3, -0.25) is 4.79 Å². The maximum atomic E-state index is 12.7. The van der Waals surface area contributed by atoms with Crippen LogP contribution in [0.4, 0.5) is 5.69 Å². The van der Waals surface area contributed by atoms with Gasteiger partial charge in [-0.25, -0.2) is 0 Å². The van der Waals surface area contributed by atoms with Crippen molar-refractivity contribution in [3.63, 3.8) is 0 Å². The first-order valence-electron chi connectivity index (χ1n) is 7.85. The van der Waals surface area contributed by atoms with Crippen LogP contribution in [0.15, 0.2) is 40.8 Å². The second-order valence-electron chi connectivity index (χ2n) is 5.57. The largest absolute Gasteiger partial charge is 0.420 e. The van der Waals surface area contributed by atoms with E-state index < -0.39 is 0 Å². The minimum Gasteiger partial charge on any atom is -0.420 e. The average Bonchev–Trinajstić information content (AvgIpc) is 3.16. The van der Waals surface area contributed by atoms with Gasteiger partial charge in [0.15, 0.2) is 0 Å². The fourth-order valence-corrected chi connectivity index (χ4v) is 3.48. The van der Waals surface area contributed by atoms with E-state index in [1.54, 1.807) is 6.92 Å². The maximum Gasteiger partial charge on any atom is 0.257 e. The quantitative estimate of drug-likeness (QED) is 0.739. The Labute approximate surface area is 144 Å². The lowest BCUT2D eigenvalue weighted by atomic mass is 9.95. The van der Waals surface area contributed by atoms with Crippen LogP contribution in [-0.4, -0.2) is 16.1 Å². The van der Waals surface area contributed by atoms with Crippen LogP contribution < -0.4 is 5.32 Å². The monoisotopic (exact) mass is 341 g/mol. The highest BCUT2D eigenvalue weighted by Gasteiger charge is 2.20.